The Balaban J connectivity index is 1.99. The molecule has 1 unspecified atom stereocenters. The van der Waals surface area contributed by atoms with Crippen molar-refractivity contribution in [3.63, 3.8) is 0 Å². The largest absolute Gasteiger partial charge is 0.468 e. The van der Waals surface area contributed by atoms with Gasteiger partial charge in [0.15, 0.2) is 6.61 Å². The SMILES string of the molecule is O=C(NC(O)C(F)(F)F)c1cc(C2CC2)c(OCC(F)(F)F)nc1N1CCC(F)(F)CC1. The van der Waals surface area contributed by atoms with Crippen LogP contribution in [0, 0.1) is 0 Å². The first-order valence-corrected chi connectivity index (χ1v) is 9.59. The molecule has 0 radical (unpaired) electrons. The van der Waals surface area contributed by atoms with Crippen molar-refractivity contribution in [1.29, 1.82) is 0 Å². The molecule has 1 aliphatic heterocycles. The number of alkyl halides is 8. The van der Waals surface area contributed by atoms with Gasteiger partial charge in [-0.25, -0.2) is 8.78 Å². The van der Waals surface area contributed by atoms with Crippen LogP contribution in [0.5, 0.6) is 5.88 Å². The predicted octanol–water partition coefficient (Wildman–Crippen LogP) is 3.75. The lowest BCUT2D eigenvalue weighted by atomic mass is 10.0. The number of rotatable bonds is 6. The normalized spacial score (nSPS) is 20.1. The van der Waals surface area contributed by atoms with Gasteiger partial charge in [0.25, 0.3) is 11.8 Å². The number of anilines is 1. The fourth-order valence-electron chi connectivity index (χ4n) is 3.19. The minimum Gasteiger partial charge on any atom is -0.468 e. The third-order valence-corrected chi connectivity index (χ3v) is 5.00. The number of halogens is 8. The maximum Gasteiger partial charge on any atom is 0.433 e. The Labute approximate surface area is 176 Å². The number of piperidine rings is 1. The smallest absolute Gasteiger partial charge is 0.433 e. The summed E-state index contributed by atoms with van der Waals surface area (Å²) in [7, 11) is 0. The fraction of sp³-hybridized carbons (Fsp3) is 0.667. The molecule has 1 aliphatic carbocycles. The van der Waals surface area contributed by atoms with Crippen LogP contribution >= 0.6 is 0 Å². The highest BCUT2D eigenvalue weighted by atomic mass is 19.4. The van der Waals surface area contributed by atoms with Crippen LogP contribution in [0.2, 0.25) is 0 Å². The van der Waals surface area contributed by atoms with E-state index >= 15 is 0 Å². The molecule has 1 saturated heterocycles. The van der Waals surface area contributed by atoms with Crippen molar-refractivity contribution in [3.05, 3.63) is 17.2 Å². The second-order valence-electron chi connectivity index (χ2n) is 7.69. The number of ether oxygens (including phenoxy) is 1. The number of carbonyl (C=O) groups excluding carboxylic acids is 1. The van der Waals surface area contributed by atoms with Gasteiger partial charge >= 0.3 is 12.4 Å². The molecule has 1 atom stereocenters. The van der Waals surface area contributed by atoms with E-state index < -0.39 is 67.1 Å². The second-order valence-corrected chi connectivity index (χ2v) is 7.69. The summed E-state index contributed by atoms with van der Waals surface area (Å²) in [5, 5.41) is 10.5. The molecule has 180 valence electrons. The van der Waals surface area contributed by atoms with Gasteiger partial charge in [-0.05, 0) is 24.8 Å². The van der Waals surface area contributed by atoms with Crippen LogP contribution in [0.25, 0.3) is 0 Å². The molecule has 14 heteroatoms. The van der Waals surface area contributed by atoms with Crippen molar-refractivity contribution in [2.45, 2.75) is 56.1 Å². The van der Waals surface area contributed by atoms with Crippen molar-refractivity contribution < 1.29 is 49.8 Å². The molecule has 1 aromatic heterocycles. The minimum atomic E-state index is -5.18. The number of nitrogens with one attached hydrogen (secondary N) is 1. The van der Waals surface area contributed by atoms with E-state index in [0.29, 0.717) is 12.8 Å². The van der Waals surface area contributed by atoms with E-state index in [1.54, 1.807) is 0 Å². The lowest BCUT2D eigenvalue weighted by Gasteiger charge is -2.34. The van der Waals surface area contributed by atoms with Crippen LogP contribution in [-0.2, 0) is 0 Å². The molecular weight excluding hydrogens is 458 g/mol. The zero-order valence-electron chi connectivity index (χ0n) is 16.4. The number of carbonyl (C=O) groups is 1. The van der Waals surface area contributed by atoms with E-state index in [-0.39, 0.29) is 24.6 Å². The minimum absolute atomic E-state index is 0.0898. The van der Waals surface area contributed by atoms with Gasteiger partial charge in [-0.2, -0.15) is 31.3 Å². The van der Waals surface area contributed by atoms with Gasteiger partial charge in [0.05, 0.1) is 5.56 Å². The molecule has 0 aromatic carbocycles. The van der Waals surface area contributed by atoms with Gasteiger partial charge in [0.1, 0.15) is 5.82 Å². The number of hydrogen-bond acceptors (Lipinski definition) is 5. The van der Waals surface area contributed by atoms with Crippen molar-refractivity contribution in [3.8, 4) is 5.88 Å². The predicted molar refractivity (Wildman–Crippen MR) is 93.7 cm³/mol. The van der Waals surface area contributed by atoms with Crippen molar-refractivity contribution in [2.24, 2.45) is 0 Å². The Hall–Kier alpha value is -2.38. The lowest BCUT2D eigenvalue weighted by molar-refractivity contribution is -0.209. The van der Waals surface area contributed by atoms with E-state index in [9.17, 15) is 39.9 Å². The standard InChI is InChI=1S/C18H19F8N3O3/c19-16(20)3-5-29(6-4-16)12-11(13(30)28-15(31)18(24,25)26)7-10(9-1-2-9)14(27-12)32-8-17(21,22)23/h7,9,15,31H,1-6,8H2,(H,28,30). The summed E-state index contributed by atoms with van der Waals surface area (Å²) >= 11 is 0. The van der Waals surface area contributed by atoms with E-state index in [2.05, 4.69) is 4.98 Å². The first kappa shape index (κ1) is 24.3. The van der Waals surface area contributed by atoms with Crippen LogP contribution in [0.3, 0.4) is 0 Å². The van der Waals surface area contributed by atoms with Crippen molar-refractivity contribution >= 4 is 11.7 Å². The summed E-state index contributed by atoms with van der Waals surface area (Å²) in [5.41, 5.74) is -0.397. The third kappa shape index (κ3) is 6.11. The molecule has 1 aromatic rings. The van der Waals surface area contributed by atoms with Crippen molar-refractivity contribution in [2.75, 3.05) is 24.6 Å². The fourth-order valence-corrected chi connectivity index (χ4v) is 3.19. The quantitative estimate of drug-likeness (QED) is 0.483. The highest BCUT2D eigenvalue weighted by molar-refractivity contribution is 5.99. The van der Waals surface area contributed by atoms with Crippen LogP contribution < -0.4 is 15.0 Å². The van der Waals surface area contributed by atoms with Crippen LogP contribution in [0.1, 0.15) is 47.5 Å². The summed E-state index contributed by atoms with van der Waals surface area (Å²) in [6, 6.07) is 1.05. The second kappa shape index (κ2) is 8.52. The average molecular weight is 477 g/mol. The summed E-state index contributed by atoms with van der Waals surface area (Å²) < 4.78 is 108. The average Bonchev–Trinajstić information content (AvgIpc) is 3.49. The zero-order chi connectivity index (χ0) is 23.9. The van der Waals surface area contributed by atoms with Crippen LogP contribution in [0.15, 0.2) is 6.07 Å². The number of nitrogens with zero attached hydrogens (tertiary/aromatic N) is 2. The summed E-state index contributed by atoms with van der Waals surface area (Å²) in [6.07, 6.45) is -13.3. The van der Waals surface area contributed by atoms with Crippen LogP contribution in [0.4, 0.5) is 40.9 Å². The molecule has 32 heavy (non-hydrogen) atoms. The first-order chi connectivity index (χ1) is 14.7. The molecular formula is C18H19F8N3O3. The number of aromatic nitrogens is 1. The maximum atomic E-state index is 13.5. The summed E-state index contributed by atoms with van der Waals surface area (Å²) in [5.74, 6) is -5.59. The molecule has 0 spiro atoms. The van der Waals surface area contributed by atoms with E-state index in [1.165, 1.54) is 10.2 Å². The van der Waals surface area contributed by atoms with Gasteiger partial charge in [-0.15, -0.1) is 0 Å². The van der Waals surface area contributed by atoms with E-state index in [4.69, 9.17) is 9.84 Å². The summed E-state index contributed by atoms with van der Waals surface area (Å²) in [6.45, 7) is -2.39. The zero-order valence-corrected chi connectivity index (χ0v) is 16.4. The Kier molecular flexibility index (Phi) is 6.46. The molecule has 1 saturated carbocycles. The molecule has 6 nitrogen and oxygen atoms in total. The van der Waals surface area contributed by atoms with Gasteiger partial charge in [-0.1, -0.05) is 0 Å². The van der Waals surface area contributed by atoms with Gasteiger partial charge in [0.2, 0.25) is 12.1 Å². The monoisotopic (exact) mass is 477 g/mol. The molecule has 2 aliphatic rings. The topological polar surface area (TPSA) is 74.7 Å². The molecule has 0 bridgehead atoms. The number of aliphatic hydroxyl groups excluding tert-OH is 1. The maximum absolute atomic E-state index is 13.5. The lowest BCUT2D eigenvalue weighted by Crippen LogP contribution is -2.46. The Bertz CT molecular complexity index is 845. The molecule has 2 fully saturated rings. The third-order valence-electron chi connectivity index (χ3n) is 5.00. The Morgan fingerprint density at radius 1 is 1.22 bits per heavy atom. The van der Waals surface area contributed by atoms with Crippen LogP contribution in [-0.4, -0.2) is 60.2 Å². The van der Waals surface area contributed by atoms with E-state index in [1.807, 2.05) is 0 Å². The summed E-state index contributed by atoms with van der Waals surface area (Å²) in [4.78, 5) is 17.6. The van der Waals surface area contributed by atoms with Gasteiger partial charge in [0, 0.05) is 31.5 Å². The van der Waals surface area contributed by atoms with Crippen molar-refractivity contribution in [1.82, 2.24) is 10.3 Å². The Morgan fingerprint density at radius 2 is 1.81 bits per heavy atom. The Morgan fingerprint density at radius 3 is 2.31 bits per heavy atom. The molecule has 2 N–H and O–H groups in total. The highest BCUT2D eigenvalue weighted by Crippen LogP contribution is 2.46. The number of aliphatic hydroxyl groups is 1. The van der Waals surface area contributed by atoms with E-state index in [0.717, 1.165) is 6.07 Å². The molecule has 1 amide bonds. The number of pyridine rings is 1. The highest BCUT2D eigenvalue weighted by Gasteiger charge is 2.42. The molecule has 2 heterocycles. The first-order valence-electron chi connectivity index (χ1n) is 9.59. The van der Waals surface area contributed by atoms with Gasteiger partial charge in [-0.3, -0.25) is 4.79 Å². The number of hydrogen-bond donors (Lipinski definition) is 2. The molecule has 3 rings (SSSR count). The van der Waals surface area contributed by atoms with Gasteiger partial charge < -0.3 is 20.1 Å². The number of amides is 1.